The van der Waals surface area contributed by atoms with Gasteiger partial charge in [-0.15, -0.1) is 0 Å². The minimum absolute atomic E-state index is 0.537. The molecular weight excluding hydrogens is 230 g/mol. The van der Waals surface area contributed by atoms with Gasteiger partial charge in [0.1, 0.15) is 0 Å². The van der Waals surface area contributed by atoms with Gasteiger partial charge in [-0.1, -0.05) is 0 Å². The summed E-state index contributed by atoms with van der Waals surface area (Å²) in [5.74, 6) is 0.537. The zero-order valence-electron chi connectivity index (χ0n) is 9.68. The first kappa shape index (κ1) is 13.9. The van der Waals surface area contributed by atoms with Gasteiger partial charge in [-0.25, -0.2) is 5.14 Å². The predicted octanol–water partition coefficient (Wildman–Crippen LogP) is -0.862. The summed E-state index contributed by atoms with van der Waals surface area (Å²) in [4.78, 5) is 0. The summed E-state index contributed by atoms with van der Waals surface area (Å²) in [5, 5.41) is 8.35. The molecule has 1 rings (SSSR count). The van der Waals surface area contributed by atoms with Crippen molar-refractivity contribution in [1.82, 2.24) is 9.62 Å². The van der Waals surface area contributed by atoms with Crippen LogP contribution in [0.25, 0.3) is 0 Å². The number of hydrogen-bond acceptors (Lipinski definition) is 4. The molecule has 1 saturated heterocycles. The van der Waals surface area contributed by atoms with Crippen LogP contribution in [-0.4, -0.2) is 52.6 Å². The van der Waals surface area contributed by atoms with Gasteiger partial charge in [0.2, 0.25) is 0 Å². The van der Waals surface area contributed by atoms with Gasteiger partial charge in [-0.3, -0.25) is 0 Å². The third-order valence-corrected chi connectivity index (χ3v) is 3.93. The van der Waals surface area contributed by atoms with E-state index < -0.39 is 10.2 Å². The molecule has 3 N–H and O–H groups in total. The first-order chi connectivity index (χ1) is 7.54. The Morgan fingerprint density at radius 1 is 1.44 bits per heavy atom. The molecule has 0 radical (unpaired) electrons. The van der Waals surface area contributed by atoms with Crippen molar-refractivity contribution < 1.29 is 13.2 Å². The molecule has 0 amide bonds. The van der Waals surface area contributed by atoms with Gasteiger partial charge < -0.3 is 10.1 Å². The topological polar surface area (TPSA) is 84.7 Å². The van der Waals surface area contributed by atoms with Crippen molar-refractivity contribution in [2.45, 2.75) is 12.8 Å². The summed E-state index contributed by atoms with van der Waals surface area (Å²) in [5.41, 5.74) is 0. The monoisotopic (exact) mass is 251 g/mol. The van der Waals surface area contributed by atoms with Crippen molar-refractivity contribution in [3.8, 4) is 0 Å². The average molecular weight is 251 g/mol. The molecule has 0 aromatic carbocycles. The van der Waals surface area contributed by atoms with E-state index in [0.717, 1.165) is 25.9 Å². The van der Waals surface area contributed by atoms with E-state index in [2.05, 4.69) is 5.32 Å². The lowest BCUT2D eigenvalue weighted by Crippen LogP contribution is -2.43. The molecular formula is C9H21N3O3S. The summed E-state index contributed by atoms with van der Waals surface area (Å²) < 4.78 is 28.4. The molecule has 1 aliphatic heterocycles. The largest absolute Gasteiger partial charge is 0.383 e. The normalized spacial score (nSPS) is 20.1. The molecule has 0 spiro atoms. The highest BCUT2D eigenvalue weighted by atomic mass is 32.2. The molecule has 0 unspecified atom stereocenters. The van der Waals surface area contributed by atoms with Crippen LogP contribution in [-0.2, 0) is 14.9 Å². The SMILES string of the molecule is COCCNCC1CCN(S(N)(=O)=O)CC1. The third kappa shape index (κ3) is 4.75. The van der Waals surface area contributed by atoms with Crippen LogP contribution in [0.3, 0.4) is 0 Å². The van der Waals surface area contributed by atoms with Crippen LogP contribution < -0.4 is 10.5 Å². The molecule has 1 aliphatic rings. The molecule has 1 fully saturated rings. The quantitative estimate of drug-likeness (QED) is 0.602. The van der Waals surface area contributed by atoms with Crippen molar-refractivity contribution >= 4 is 10.2 Å². The third-order valence-electron chi connectivity index (χ3n) is 2.85. The summed E-state index contributed by atoms with van der Waals surface area (Å²) in [7, 11) is -1.81. The van der Waals surface area contributed by atoms with Gasteiger partial charge >= 0.3 is 0 Å². The van der Waals surface area contributed by atoms with E-state index in [4.69, 9.17) is 9.88 Å². The van der Waals surface area contributed by atoms with Gasteiger partial charge in [0.05, 0.1) is 6.61 Å². The Hall–Kier alpha value is -0.210. The van der Waals surface area contributed by atoms with E-state index in [0.29, 0.717) is 25.6 Å². The lowest BCUT2D eigenvalue weighted by atomic mass is 9.98. The van der Waals surface area contributed by atoms with E-state index in [1.807, 2.05) is 0 Å². The number of piperidine rings is 1. The Kier molecular flexibility index (Phi) is 5.63. The maximum atomic E-state index is 11.1. The van der Waals surface area contributed by atoms with E-state index in [1.54, 1.807) is 7.11 Å². The summed E-state index contributed by atoms with van der Waals surface area (Å²) in [6.45, 7) is 3.54. The molecule has 0 aromatic heterocycles. The molecule has 1 heterocycles. The van der Waals surface area contributed by atoms with Gasteiger partial charge in [-0.05, 0) is 25.3 Å². The lowest BCUT2D eigenvalue weighted by molar-refractivity contribution is 0.194. The van der Waals surface area contributed by atoms with Crippen LogP contribution in [0, 0.1) is 5.92 Å². The van der Waals surface area contributed by atoms with Gasteiger partial charge in [0.25, 0.3) is 10.2 Å². The first-order valence-electron chi connectivity index (χ1n) is 5.51. The second-order valence-corrected chi connectivity index (χ2v) is 5.63. The Morgan fingerprint density at radius 3 is 2.56 bits per heavy atom. The number of nitrogens with two attached hydrogens (primary N) is 1. The minimum atomic E-state index is -3.49. The summed E-state index contributed by atoms with van der Waals surface area (Å²) >= 11 is 0. The van der Waals surface area contributed by atoms with E-state index in [1.165, 1.54) is 4.31 Å². The van der Waals surface area contributed by atoms with Crippen LogP contribution in [0.15, 0.2) is 0 Å². The fourth-order valence-corrected chi connectivity index (χ4v) is 2.57. The predicted molar refractivity (Wildman–Crippen MR) is 62.1 cm³/mol. The summed E-state index contributed by atoms with van der Waals surface area (Å²) in [6, 6.07) is 0. The number of ether oxygens (including phenoxy) is 1. The van der Waals surface area contributed by atoms with Crippen LogP contribution in [0.5, 0.6) is 0 Å². The van der Waals surface area contributed by atoms with E-state index in [-0.39, 0.29) is 0 Å². The highest BCUT2D eigenvalue weighted by molar-refractivity contribution is 7.86. The fourth-order valence-electron chi connectivity index (χ4n) is 1.85. The standard InChI is InChI=1S/C9H21N3O3S/c1-15-7-4-11-8-9-2-5-12(6-3-9)16(10,13)14/h9,11H,2-8H2,1H3,(H2,10,13,14). The number of methoxy groups -OCH3 is 1. The Balaban J connectivity index is 2.17. The summed E-state index contributed by atoms with van der Waals surface area (Å²) in [6.07, 6.45) is 1.74. The highest BCUT2D eigenvalue weighted by Crippen LogP contribution is 2.17. The van der Waals surface area contributed by atoms with Crippen LogP contribution >= 0.6 is 0 Å². The van der Waals surface area contributed by atoms with Crippen LogP contribution in [0.2, 0.25) is 0 Å². The molecule has 0 aliphatic carbocycles. The zero-order valence-corrected chi connectivity index (χ0v) is 10.5. The van der Waals surface area contributed by atoms with E-state index >= 15 is 0 Å². The van der Waals surface area contributed by atoms with Crippen molar-refractivity contribution in [2.75, 3.05) is 39.9 Å². The second kappa shape index (κ2) is 6.51. The fraction of sp³-hybridized carbons (Fsp3) is 1.00. The lowest BCUT2D eigenvalue weighted by Gasteiger charge is -2.29. The van der Waals surface area contributed by atoms with Crippen molar-refractivity contribution in [2.24, 2.45) is 11.1 Å². The number of nitrogens with one attached hydrogen (secondary N) is 1. The van der Waals surface area contributed by atoms with Gasteiger partial charge in [0.15, 0.2) is 0 Å². The van der Waals surface area contributed by atoms with Gasteiger partial charge in [-0.2, -0.15) is 12.7 Å². The Bertz CT molecular complexity index is 286. The molecule has 16 heavy (non-hydrogen) atoms. The zero-order chi connectivity index (χ0) is 12.0. The molecule has 7 heteroatoms. The molecule has 96 valence electrons. The highest BCUT2D eigenvalue weighted by Gasteiger charge is 2.24. The van der Waals surface area contributed by atoms with E-state index in [9.17, 15) is 8.42 Å². The molecule has 0 aromatic rings. The average Bonchev–Trinajstić information content (AvgIpc) is 2.24. The first-order valence-corrected chi connectivity index (χ1v) is 7.02. The van der Waals surface area contributed by atoms with Crippen molar-refractivity contribution in [1.29, 1.82) is 0 Å². The number of hydrogen-bond donors (Lipinski definition) is 2. The maximum absolute atomic E-state index is 11.1. The number of rotatable bonds is 6. The smallest absolute Gasteiger partial charge is 0.276 e. The molecule has 0 bridgehead atoms. The minimum Gasteiger partial charge on any atom is -0.383 e. The molecule has 0 atom stereocenters. The van der Waals surface area contributed by atoms with Crippen LogP contribution in [0.4, 0.5) is 0 Å². The second-order valence-electron chi connectivity index (χ2n) is 4.08. The molecule has 0 saturated carbocycles. The Labute approximate surface area is 97.3 Å². The molecule has 6 nitrogen and oxygen atoms in total. The van der Waals surface area contributed by atoms with Crippen LogP contribution in [0.1, 0.15) is 12.8 Å². The Morgan fingerprint density at radius 2 is 2.06 bits per heavy atom. The number of nitrogens with zero attached hydrogens (tertiary/aromatic N) is 1. The maximum Gasteiger partial charge on any atom is 0.276 e. The van der Waals surface area contributed by atoms with Gasteiger partial charge in [0, 0.05) is 26.7 Å². The van der Waals surface area contributed by atoms with Crippen molar-refractivity contribution in [3.05, 3.63) is 0 Å². The van der Waals surface area contributed by atoms with Crippen molar-refractivity contribution in [3.63, 3.8) is 0 Å².